The SMILES string of the molecule is CC(C)(Nc1nc2c(ncn2C2OC(CO)C(O)C2O)c(=O)[nH]1)P(=O)(O)O. The summed E-state index contributed by atoms with van der Waals surface area (Å²) in [6.45, 7) is 1.95. The summed E-state index contributed by atoms with van der Waals surface area (Å²) in [4.78, 5) is 41.4. The molecular formula is C13H20N5O8P. The fraction of sp³-hybridized carbons (Fsp3) is 0.615. The molecule has 0 radical (unpaired) electrons. The molecule has 14 heteroatoms. The van der Waals surface area contributed by atoms with Gasteiger partial charge in [-0.15, -0.1) is 0 Å². The fourth-order valence-electron chi connectivity index (χ4n) is 2.64. The molecule has 1 aliphatic rings. The lowest BCUT2D eigenvalue weighted by Gasteiger charge is -2.27. The average Bonchev–Trinajstić information content (AvgIpc) is 3.08. The number of hydrogen-bond donors (Lipinski definition) is 7. The molecule has 4 unspecified atom stereocenters. The molecule has 3 heterocycles. The number of aromatic amines is 1. The van der Waals surface area contributed by atoms with Crippen LogP contribution in [0.2, 0.25) is 0 Å². The second-order valence-corrected chi connectivity index (χ2v) is 8.90. The molecule has 27 heavy (non-hydrogen) atoms. The normalized spacial score (nSPS) is 26.6. The minimum Gasteiger partial charge on any atom is -0.394 e. The lowest BCUT2D eigenvalue weighted by molar-refractivity contribution is -0.0511. The average molecular weight is 405 g/mol. The molecule has 1 saturated heterocycles. The maximum Gasteiger partial charge on any atom is 0.350 e. The first-order valence-electron chi connectivity index (χ1n) is 7.89. The van der Waals surface area contributed by atoms with Crippen molar-refractivity contribution in [1.82, 2.24) is 19.5 Å². The summed E-state index contributed by atoms with van der Waals surface area (Å²) in [5, 5.41) is 30.0. The lowest BCUT2D eigenvalue weighted by Crippen LogP contribution is -2.33. The molecule has 150 valence electrons. The van der Waals surface area contributed by atoms with Crippen LogP contribution in [-0.2, 0) is 9.30 Å². The van der Waals surface area contributed by atoms with E-state index in [0.717, 1.165) is 0 Å². The van der Waals surface area contributed by atoms with E-state index in [1.807, 2.05) is 0 Å². The van der Waals surface area contributed by atoms with Crippen LogP contribution in [0.5, 0.6) is 0 Å². The van der Waals surface area contributed by atoms with Crippen molar-refractivity contribution < 1.29 is 34.4 Å². The Kier molecular flexibility index (Phi) is 4.89. The zero-order chi connectivity index (χ0) is 20.1. The molecule has 0 saturated carbocycles. The van der Waals surface area contributed by atoms with Gasteiger partial charge in [0.15, 0.2) is 17.4 Å². The maximum atomic E-state index is 12.2. The van der Waals surface area contributed by atoms with Gasteiger partial charge in [0.2, 0.25) is 5.95 Å². The van der Waals surface area contributed by atoms with Crippen LogP contribution >= 0.6 is 7.60 Å². The molecule has 13 nitrogen and oxygen atoms in total. The highest BCUT2D eigenvalue weighted by molar-refractivity contribution is 7.53. The molecule has 0 aliphatic carbocycles. The predicted octanol–water partition coefficient (Wildman–Crippen LogP) is -1.94. The minimum absolute atomic E-state index is 0.0439. The minimum atomic E-state index is -4.58. The van der Waals surface area contributed by atoms with Crippen molar-refractivity contribution in [3.63, 3.8) is 0 Å². The van der Waals surface area contributed by atoms with Crippen LogP contribution in [0.3, 0.4) is 0 Å². The van der Waals surface area contributed by atoms with Crippen molar-refractivity contribution in [1.29, 1.82) is 0 Å². The fourth-order valence-corrected chi connectivity index (χ4v) is 2.90. The van der Waals surface area contributed by atoms with E-state index in [9.17, 15) is 34.5 Å². The zero-order valence-electron chi connectivity index (χ0n) is 14.3. The third-order valence-electron chi connectivity index (χ3n) is 4.38. The predicted molar refractivity (Wildman–Crippen MR) is 90.9 cm³/mol. The molecule has 7 N–H and O–H groups in total. The van der Waals surface area contributed by atoms with Gasteiger partial charge in [0.05, 0.1) is 12.9 Å². The summed E-state index contributed by atoms with van der Waals surface area (Å²) < 4.78 is 18.2. The number of rotatable bonds is 5. The van der Waals surface area contributed by atoms with Gasteiger partial charge in [-0.25, -0.2) is 4.98 Å². The highest BCUT2D eigenvalue weighted by Gasteiger charge is 2.44. The van der Waals surface area contributed by atoms with Gasteiger partial charge in [-0.3, -0.25) is 18.9 Å². The summed E-state index contributed by atoms with van der Waals surface area (Å²) in [6, 6.07) is 0. The lowest BCUT2D eigenvalue weighted by atomic mass is 10.1. The summed E-state index contributed by atoms with van der Waals surface area (Å²) in [5.74, 6) is -0.227. The first-order chi connectivity index (χ1) is 12.5. The zero-order valence-corrected chi connectivity index (χ0v) is 15.2. The second kappa shape index (κ2) is 6.63. The van der Waals surface area contributed by atoms with Crippen molar-refractivity contribution in [3.8, 4) is 0 Å². The molecule has 4 atom stereocenters. The van der Waals surface area contributed by atoms with Crippen LogP contribution in [0.25, 0.3) is 11.2 Å². The number of aliphatic hydroxyl groups is 3. The van der Waals surface area contributed by atoms with Crippen molar-refractivity contribution >= 4 is 24.7 Å². The van der Waals surface area contributed by atoms with Crippen LogP contribution in [0, 0.1) is 0 Å². The van der Waals surface area contributed by atoms with Gasteiger partial charge in [0.25, 0.3) is 5.56 Å². The van der Waals surface area contributed by atoms with E-state index in [-0.39, 0.29) is 17.1 Å². The van der Waals surface area contributed by atoms with Gasteiger partial charge in [0, 0.05) is 0 Å². The summed E-state index contributed by atoms with van der Waals surface area (Å²) in [7, 11) is -4.58. The number of nitrogens with zero attached hydrogens (tertiary/aromatic N) is 3. The van der Waals surface area contributed by atoms with Gasteiger partial charge in [-0.1, -0.05) is 0 Å². The molecule has 1 fully saturated rings. The number of anilines is 1. The number of fused-ring (bicyclic) bond motifs is 1. The number of aliphatic hydroxyl groups excluding tert-OH is 3. The van der Waals surface area contributed by atoms with E-state index >= 15 is 0 Å². The van der Waals surface area contributed by atoms with Crippen LogP contribution in [0.15, 0.2) is 11.1 Å². The highest BCUT2D eigenvalue weighted by Crippen LogP contribution is 2.49. The molecular weight excluding hydrogens is 385 g/mol. The number of aromatic nitrogens is 4. The Bertz CT molecular complexity index is 952. The van der Waals surface area contributed by atoms with Crippen molar-refractivity contribution in [2.24, 2.45) is 0 Å². The quantitative estimate of drug-likeness (QED) is 0.273. The third kappa shape index (κ3) is 3.38. The Morgan fingerprint density at radius 1 is 1.37 bits per heavy atom. The molecule has 3 rings (SSSR count). The van der Waals surface area contributed by atoms with Crippen LogP contribution in [0.1, 0.15) is 20.1 Å². The molecule has 2 aromatic rings. The Hall–Kier alpha value is -1.86. The number of ether oxygens (including phenoxy) is 1. The highest BCUT2D eigenvalue weighted by atomic mass is 31.2. The largest absolute Gasteiger partial charge is 0.394 e. The third-order valence-corrected chi connectivity index (χ3v) is 5.94. The molecule has 0 amide bonds. The Morgan fingerprint density at radius 3 is 2.59 bits per heavy atom. The Morgan fingerprint density at radius 2 is 2.04 bits per heavy atom. The van der Waals surface area contributed by atoms with Gasteiger partial charge in [0.1, 0.15) is 23.6 Å². The van der Waals surface area contributed by atoms with Crippen molar-refractivity contribution in [2.75, 3.05) is 11.9 Å². The number of imidazole rings is 1. The first-order valence-corrected chi connectivity index (χ1v) is 9.50. The maximum absolute atomic E-state index is 12.2. The molecule has 0 aromatic carbocycles. The molecule has 0 bridgehead atoms. The first kappa shape index (κ1) is 19.9. The van der Waals surface area contributed by atoms with Crippen LogP contribution in [0.4, 0.5) is 5.95 Å². The molecule has 1 aliphatic heterocycles. The van der Waals surface area contributed by atoms with Crippen molar-refractivity contribution in [2.45, 2.75) is 43.7 Å². The van der Waals surface area contributed by atoms with Gasteiger partial charge >= 0.3 is 7.60 Å². The van der Waals surface area contributed by atoms with Crippen molar-refractivity contribution in [3.05, 3.63) is 16.7 Å². The number of hydrogen-bond acceptors (Lipinski definition) is 9. The van der Waals surface area contributed by atoms with Crippen LogP contribution < -0.4 is 10.9 Å². The van der Waals surface area contributed by atoms with E-state index in [0.29, 0.717) is 0 Å². The Labute approximate surface area is 151 Å². The standard InChI is InChI=1S/C13H20N5O8P/c1-13(2,27(23,24)25)17-12-15-9-6(10(22)16-12)14-4-18(9)11-8(21)7(20)5(3-19)26-11/h4-5,7-8,11,19-21H,3H2,1-2H3,(H2,23,24,25)(H2,15,16,17,22). The van der Waals surface area contributed by atoms with E-state index in [1.165, 1.54) is 24.7 Å². The van der Waals surface area contributed by atoms with Gasteiger partial charge < -0.3 is 35.2 Å². The number of nitrogens with one attached hydrogen (secondary N) is 2. The monoisotopic (exact) mass is 405 g/mol. The Balaban J connectivity index is 2.04. The van der Waals surface area contributed by atoms with E-state index < -0.39 is 49.6 Å². The second-order valence-electron chi connectivity index (χ2n) is 6.70. The van der Waals surface area contributed by atoms with E-state index in [4.69, 9.17) is 4.74 Å². The number of H-pyrrole nitrogens is 1. The van der Waals surface area contributed by atoms with E-state index in [1.54, 1.807) is 0 Å². The smallest absolute Gasteiger partial charge is 0.350 e. The topological polar surface area (TPSA) is 203 Å². The summed E-state index contributed by atoms with van der Waals surface area (Å²) in [5.41, 5.74) is -0.834. The van der Waals surface area contributed by atoms with Crippen LogP contribution in [-0.4, -0.2) is 74.8 Å². The summed E-state index contributed by atoms with van der Waals surface area (Å²) in [6.07, 6.45) is -3.80. The summed E-state index contributed by atoms with van der Waals surface area (Å²) >= 11 is 0. The van der Waals surface area contributed by atoms with Gasteiger partial charge in [-0.2, -0.15) is 4.98 Å². The van der Waals surface area contributed by atoms with Gasteiger partial charge in [-0.05, 0) is 13.8 Å². The molecule has 0 spiro atoms. The van der Waals surface area contributed by atoms with E-state index in [2.05, 4.69) is 20.3 Å². The molecule has 2 aromatic heterocycles.